The third kappa shape index (κ3) is 4.81. The van der Waals surface area contributed by atoms with Crippen LogP contribution in [0.5, 0.6) is 5.75 Å². The highest BCUT2D eigenvalue weighted by atomic mass is 16.5. The number of carbonyl (C=O) groups excluding carboxylic acids is 2. The van der Waals surface area contributed by atoms with Gasteiger partial charge in [0, 0.05) is 39.1 Å². The normalized spacial score (nSPS) is 22.6. The quantitative estimate of drug-likeness (QED) is 0.810. The van der Waals surface area contributed by atoms with Crippen LogP contribution in [0, 0.1) is 11.8 Å². The number of methoxy groups -OCH3 is 1. The highest BCUT2D eigenvalue weighted by molar-refractivity contribution is 5.77. The number of hydrogen-bond acceptors (Lipinski definition) is 3. The Bertz CT molecular complexity index is 674. The fourth-order valence-corrected chi connectivity index (χ4v) is 4.05. The van der Waals surface area contributed by atoms with E-state index in [1.165, 1.54) is 0 Å². The predicted octanol–water partition coefficient (Wildman–Crippen LogP) is 2.65. The van der Waals surface area contributed by atoms with E-state index in [1.807, 2.05) is 34.1 Å². The first-order valence-corrected chi connectivity index (χ1v) is 9.65. The van der Waals surface area contributed by atoms with E-state index in [1.54, 1.807) is 13.2 Å². The zero-order valence-corrected chi connectivity index (χ0v) is 16.0. The summed E-state index contributed by atoms with van der Waals surface area (Å²) in [6.45, 7) is 6.94. The fourth-order valence-electron chi connectivity index (χ4n) is 4.05. The van der Waals surface area contributed by atoms with Crippen molar-refractivity contribution >= 4 is 11.9 Å². The Morgan fingerprint density at radius 2 is 2.00 bits per heavy atom. The van der Waals surface area contributed by atoms with Gasteiger partial charge in [-0.3, -0.25) is 4.79 Å². The molecule has 2 heterocycles. The number of rotatable bonds is 5. The maximum atomic E-state index is 12.8. The van der Waals surface area contributed by atoms with Gasteiger partial charge in [0.05, 0.1) is 7.11 Å². The third-order valence-corrected chi connectivity index (χ3v) is 5.67. The Hall–Kier alpha value is -2.50. The molecule has 6 nitrogen and oxygen atoms in total. The van der Waals surface area contributed by atoms with Gasteiger partial charge in [0.25, 0.3) is 0 Å². The lowest BCUT2D eigenvalue weighted by atomic mass is 9.82. The van der Waals surface area contributed by atoms with Crippen LogP contribution >= 0.6 is 0 Å². The molecule has 3 rings (SSSR count). The molecule has 0 bridgehead atoms. The Morgan fingerprint density at radius 3 is 2.70 bits per heavy atom. The lowest BCUT2D eigenvalue weighted by Crippen LogP contribution is -2.48. The molecule has 3 amide bonds. The van der Waals surface area contributed by atoms with E-state index in [0.717, 1.165) is 43.8 Å². The third-order valence-electron chi connectivity index (χ3n) is 5.67. The van der Waals surface area contributed by atoms with Crippen molar-refractivity contribution in [3.8, 4) is 5.75 Å². The molecule has 6 heteroatoms. The summed E-state index contributed by atoms with van der Waals surface area (Å²) in [5.41, 5.74) is 1.11. The maximum Gasteiger partial charge on any atom is 0.317 e. The van der Waals surface area contributed by atoms with Crippen LogP contribution in [-0.4, -0.2) is 55.0 Å². The van der Waals surface area contributed by atoms with Gasteiger partial charge in [0.15, 0.2) is 0 Å². The molecule has 0 saturated carbocycles. The topological polar surface area (TPSA) is 61.9 Å². The maximum absolute atomic E-state index is 12.8. The second-order valence-corrected chi connectivity index (χ2v) is 7.39. The Kier molecular flexibility index (Phi) is 6.37. The molecule has 146 valence electrons. The molecule has 2 saturated heterocycles. The minimum Gasteiger partial charge on any atom is -0.497 e. The molecule has 0 aliphatic carbocycles. The van der Waals surface area contributed by atoms with Gasteiger partial charge in [-0.15, -0.1) is 6.58 Å². The van der Waals surface area contributed by atoms with Gasteiger partial charge in [0.2, 0.25) is 5.91 Å². The molecule has 1 aromatic carbocycles. The molecule has 0 unspecified atom stereocenters. The molecule has 2 fully saturated rings. The molecule has 0 spiro atoms. The monoisotopic (exact) mass is 371 g/mol. The number of likely N-dealkylation sites (tertiary alicyclic amines) is 2. The van der Waals surface area contributed by atoms with Crippen LogP contribution in [0.25, 0.3) is 0 Å². The fraction of sp³-hybridized carbons (Fsp3) is 0.524. The predicted molar refractivity (Wildman–Crippen MR) is 104 cm³/mol. The van der Waals surface area contributed by atoms with E-state index in [-0.39, 0.29) is 11.9 Å². The summed E-state index contributed by atoms with van der Waals surface area (Å²) in [5.74, 6) is 1.81. The van der Waals surface area contributed by atoms with Crippen LogP contribution < -0.4 is 10.1 Å². The van der Waals surface area contributed by atoms with Crippen LogP contribution in [-0.2, 0) is 11.3 Å². The summed E-state index contributed by atoms with van der Waals surface area (Å²) in [4.78, 5) is 28.8. The van der Waals surface area contributed by atoms with Crippen molar-refractivity contribution in [1.29, 1.82) is 0 Å². The number of hydrogen-bond donors (Lipinski definition) is 1. The number of benzene rings is 1. The summed E-state index contributed by atoms with van der Waals surface area (Å²) in [6.07, 6.45) is 4.11. The average Bonchev–Trinajstić information content (AvgIpc) is 2.85. The van der Waals surface area contributed by atoms with Crippen LogP contribution in [0.2, 0.25) is 0 Å². The first-order chi connectivity index (χ1) is 13.1. The largest absolute Gasteiger partial charge is 0.497 e. The van der Waals surface area contributed by atoms with E-state index in [9.17, 15) is 9.59 Å². The average molecular weight is 371 g/mol. The van der Waals surface area contributed by atoms with Crippen LogP contribution in [0.1, 0.15) is 24.8 Å². The molecular formula is C21H29N3O3. The smallest absolute Gasteiger partial charge is 0.317 e. The molecule has 1 aromatic rings. The molecule has 2 aliphatic heterocycles. The second-order valence-electron chi connectivity index (χ2n) is 7.39. The first-order valence-electron chi connectivity index (χ1n) is 9.65. The minimum atomic E-state index is -0.0287. The van der Waals surface area contributed by atoms with Gasteiger partial charge in [-0.05, 0) is 42.4 Å². The summed E-state index contributed by atoms with van der Waals surface area (Å²) >= 11 is 0. The number of fused-ring (bicyclic) bond motifs is 1. The molecule has 2 atom stereocenters. The molecule has 1 N–H and O–H groups in total. The molecular weight excluding hydrogens is 342 g/mol. The van der Waals surface area contributed by atoms with Crippen molar-refractivity contribution in [2.24, 2.45) is 11.8 Å². The van der Waals surface area contributed by atoms with Crippen molar-refractivity contribution in [2.75, 3.05) is 33.3 Å². The number of nitrogens with one attached hydrogen (secondary N) is 1. The highest BCUT2D eigenvalue weighted by Crippen LogP contribution is 2.33. The van der Waals surface area contributed by atoms with Crippen molar-refractivity contribution in [1.82, 2.24) is 15.1 Å². The van der Waals surface area contributed by atoms with Crippen molar-refractivity contribution in [2.45, 2.75) is 25.8 Å². The number of urea groups is 1. The summed E-state index contributed by atoms with van der Waals surface area (Å²) in [7, 11) is 1.65. The number of nitrogens with zero attached hydrogens (tertiary/aromatic N) is 2. The number of carbonyl (C=O) groups is 2. The van der Waals surface area contributed by atoms with E-state index in [4.69, 9.17) is 4.74 Å². The van der Waals surface area contributed by atoms with Gasteiger partial charge in [-0.25, -0.2) is 4.79 Å². The van der Waals surface area contributed by atoms with E-state index < -0.39 is 0 Å². The minimum absolute atomic E-state index is 0.0287. The number of amides is 3. The Labute approximate surface area is 161 Å². The molecule has 0 radical (unpaired) electrons. The Balaban J connectivity index is 1.59. The first kappa shape index (κ1) is 19.3. The standard InChI is InChI=1S/C21H29N3O3/c1-3-10-22-21(26)24-12-8-17-13-20(25)23(11-9-18(17)15-24)14-16-4-6-19(27-2)7-5-16/h3-7,17-18H,1,8-15H2,2H3,(H,22,26)/t17-,18-/m0/s1. The number of piperidine rings is 1. The van der Waals surface area contributed by atoms with Crippen molar-refractivity contribution in [3.05, 3.63) is 42.5 Å². The summed E-state index contributed by atoms with van der Waals surface area (Å²) in [6, 6.07) is 7.85. The van der Waals surface area contributed by atoms with Crippen LogP contribution in [0.4, 0.5) is 4.79 Å². The molecule has 2 aliphatic rings. The van der Waals surface area contributed by atoms with Gasteiger partial charge in [-0.2, -0.15) is 0 Å². The second kappa shape index (κ2) is 8.93. The van der Waals surface area contributed by atoms with Crippen molar-refractivity contribution in [3.63, 3.8) is 0 Å². The van der Waals surface area contributed by atoms with Gasteiger partial charge in [-0.1, -0.05) is 18.2 Å². The summed E-state index contributed by atoms with van der Waals surface area (Å²) < 4.78 is 5.20. The van der Waals surface area contributed by atoms with Gasteiger partial charge >= 0.3 is 6.03 Å². The zero-order chi connectivity index (χ0) is 19.2. The Morgan fingerprint density at radius 1 is 1.26 bits per heavy atom. The highest BCUT2D eigenvalue weighted by Gasteiger charge is 2.36. The lowest BCUT2D eigenvalue weighted by Gasteiger charge is -2.37. The summed E-state index contributed by atoms with van der Waals surface area (Å²) in [5, 5.41) is 2.85. The molecule has 27 heavy (non-hydrogen) atoms. The van der Waals surface area contributed by atoms with Crippen LogP contribution in [0.15, 0.2) is 36.9 Å². The number of ether oxygens (including phenoxy) is 1. The zero-order valence-electron chi connectivity index (χ0n) is 16.0. The van der Waals surface area contributed by atoms with Crippen LogP contribution in [0.3, 0.4) is 0 Å². The van der Waals surface area contributed by atoms with Gasteiger partial charge in [0.1, 0.15) is 5.75 Å². The SMILES string of the molecule is C=CCNC(=O)N1CC[C@H]2CC(=O)N(Cc3ccc(OC)cc3)CC[C@H]2C1. The van der Waals surface area contributed by atoms with E-state index in [2.05, 4.69) is 11.9 Å². The van der Waals surface area contributed by atoms with Crippen molar-refractivity contribution < 1.29 is 14.3 Å². The van der Waals surface area contributed by atoms with E-state index >= 15 is 0 Å². The van der Waals surface area contributed by atoms with Gasteiger partial charge < -0.3 is 19.9 Å². The lowest BCUT2D eigenvalue weighted by molar-refractivity contribution is -0.132. The molecule has 0 aromatic heterocycles. The van der Waals surface area contributed by atoms with E-state index in [0.29, 0.717) is 31.3 Å².